The van der Waals surface area contributed by atoms with Gasteiger partial charge in [-0.3, -0.25) is 9.58 Å². The lowest BCUT2D eigenvalue weighted by Gasteiger charge is -2.27. The van der Waals surface area contributed by atoms with Crippen LogP contribution in [0.15, 0.2) is 11.1 Å². The molecule has 1 aliphatic heterocycles. The van der Waals surface area contributed by atoms with Gasteiger partial charge in [-0.2, -0.15) is 5.10 Å². The summed E-state index contributed by atoms with van der Waals surface area (Å²) >= 11 is 0. The maximum Gasteiger partial charge on any atom is 0.244 e. The smallest absolute Gasteiger partial charge is 0.244 e. The first-order valence-corrected chi connectivity index (χ1v) is 7.90. The van der Waals surface area contributed by atoms with Crippen molar-refractivity contribution in [2.24, 2.45) is 7.05 Å². The first kappa shape index (κ1) is 14.4. The molecule has 108 valence electrons. The van der Waals surface area contributed by atoms with Crippen LogP contribution in [0.5, 0.6) is 0 Å². The third-order valence-electron chi connectivity index (χ3n) is 3.41. The van der Waals surface area contributed by atoms with Crippen LogP contribution in [0, 0.1) is 6.92 Å². The highest BCUT2D eigenvalue weighted by Crippen LogP contribution is 2.12. The van der Waals surface area contributed by atoms with Gasteiger partial charge in [0, 0.05) is 46.3 Å². The minimum atomic E-state index is -3.45. The predicted molar refractivity (Wildman–Crippen MR) is 72.4 cm³/mol. The van der Waals surface area contributed by atoms with E-state index in [1.807, 2.05) is 0 Å². The highest BCUT2D eigenvalue weighted by Gasteiger charge is 2.20. The molecule has 0 amide bonds. The van der Waals surface area contributed by atoms with Crippen LogP contribution in [0.4, 0.5) is 0 Å². The van der Waals surface area contributed by atoms with Gasteiger partial charge in [0.15, 0.2) is 0 Å². The third kappa shape index (κ3) is 3.53. The van der Waals surface area contributed by atoms with Gasteiger partial charge in [0.25, 0.3) is 0 Å². The predicted octanol–water partition coefficient (Wildman–Crippen LogP) is -1.09. The maximum atomic E-state index is 12.1. The number of nitrogens with one attached hydrogen (secondary N) is 2. The highest BCUT2D eigenvalue weighted by atomic mass is 32.2. The topological polar surface area (TPSA) is 79.3 Å². The molecule has 0 saturated carbocycles. The molecule has 0 bridgehead atoms. The molecule has 2 rings (SSSR count). The summed E-state index contributed by atoms with van der Waals surface area (Å²) in [6.07, 6.45) is 1.39. The Morgan fingerprint density at radius 3 is 2.68 bits per heavy atom. The van der Waals surface area contributed by atoms with E-state index in [-0.39, 0.29) is 4.90 Å². The lowest BCUT2D eigenvalue weighted by atomic mass is 10.3. The number of nitrogens with zero attached hydrogens (tertiary/aromatic N) is 3. The summed E-state index contributed by atoms with van der Waals surface area (Å²) in [5.74, 6) is 0. The fourth-order valence-electron chi connectivity index (χ4n) is 2.09. The number of aromatic nitrogens is 2. The van der Waals surface area contributed by atoms with Gasteiger partial charge in [-0.25, -0.2) is 13.1 Å². The average molecular weight is 287 g/mol. The summed E-state index contributed by atoms with van der Waals surface area (Å²) in [6.45, 7) is 6.78. The first-order valence-electron chi connectivity index (χ1n) is 6.42. The van der Waals surface area contributed by atoms with Crippen LogP contribution in [-0.2, 0) is 17.1 Å². The zero-order valence-electron chi connectivity index (χ0n) is 11.4. The van der Waals surface area contributed by atoms with E-state index in [4.69, 9.17) is 0 Å². The molecule has 0 aliphatic carbocycles. The van der Waals surface area contributed by atoms with E-state index in [9.17, 15) is 8.42 Å². The monoisotopic (exact) mass is 287 g/mol. The van der Waals surface area contributed by atoms with Gasteiger partial charge < -0.3 is 5.32 Å². The standard InChI is InChI=1S/C11H21N5O2S/c1-10-11(9-13-15(10)2)19(17,18)14-5-8-16-6-3-12-4-7-16/h9,12,14H,3-8H2,1-2H3. The molecule has 0 spiro atoms. The van der Waals surface area contributed by atoms with E-state index in [0.717, 1.165) is 32.7 Å². The normalized spacial score (nSPS) is 17.8. The Balaban J connectivity index is 1.89. The molecular formula is C11H21N5O2S. The molecule has 1 aromatic rings. The van der Waals surface area contributed by atoms with E-state index >= 15 is 0 Å². The van der Waals surface area contributed by atoms with Crippen molar-refractivity contribution in [1.29, 1.82) is 0 Å². The Bertz CT molecular complexity index is 519. The van der Waals surface area contributed by atoms with Gasteiger partial charge in [-0.15, -0.1) is 0 Å². The number of piperazine rings is 1. The molecule has 8 heteroatoms. The van der Waals surface area contributed by atoms with Crippen molar-refractivity contribution in [1.82, 2.24) is 24.7 Å². The maximum absolute atomic E-state index is 12.1. The molecule has 1 aliphatic rings. The number of sulfonamides is 1. The van der Waals surface area contributed by atoms with Gasteiger partial charge in [-0.05, 0) is 6.92 Å². The summed E-state index contributed by atoms with van der Waals surface area (Å²) in [5.41, 5.74) is 0.648. The minimum absolute atomic E-state index is 0.260. The molecule has 19 heavy (non-hydrogen) atoms. The number of aryl methyl sites for hydroxylation is 1. The summed E-state index contributed by atoms with van der Waals surface area (Å²) in [6, 6.07) is 0. The quantitative estimate of drug-likeness (QED) is 0.719. The zero-order chi connectivity index (χ0) is 13.9. The molecule has 0 radical (unpaired) electrons. The van der Waals surface area contributed by atoms with Crippen molar-refractivity contribution < 1.29 is 8.42 Å². The summed E-state index contributed by atoms with van der Waals surface area (Å²) < 4.78 is 28.4. The lowest BCUT2D eigenvalue weighted by molar-refractivity contribution is 0.245. The fraction of sp³-hybridized carbons (Fsp3) is 0.727. The second-order valence-electron chi connectivity index (χ2n) is 4.71. The van der Waals surface area contributed by atoms with Crippen LogP contribution >= 0.6 is 0 Å². The Hall–Kier alpha value is -0.960. The van der Waals surface area contributed by atoms with Crippen LogP contribution in [-0.4, -0.2) is 62.4 Å². The van der Waals surface area contributed by atoms with E-state index in [0.29, 0.717) is 12.2 Å². The second-order valence-corrected chi connectivity index (χ2v) is 6.44. The van der Waals surface area contributed by atoms with Crippen molar-refractivity contribution in [3.05, 3.63) is 11.9 Å². The van der Waals surface area contributed by atoms with E-state index in [1.54, 1.807) is 18.7 Å². The first-order chi connectivity index (χ1) is 9.00. The Kier molecular flexibility index (Phi) is 4.56. The second kappa shape index (κ2) is 6.00. The van der Waals surface area contributed by atoms with Gasteiger partial charge in [0.2, 0.25) is 10.0 Å². The lowest BCUT2D eigenvalue weighted by Crippen LogP contribution is -2.46. The van der Waals surface area contributed by atoms with Crippen LogP contribution in [0.3, 0.4) is 0 Å². The molecule has 2 heterocycles. The average Bonchev–Trinajstić information content (AvgIpc) is 2.72. The third-order valence-corrected chi connectivity index (χ3v) is 4.97. The van der Waals surface area contributed by atoms with Crippen LogP contribution in [0.1, 0.15) is 5.69 Å². The zero-order valence-corrected chi connectivity index (χ0v) is 12.2. The van der Waals surface area contributed by atoms with Crippen LogP contribution in [0.2, 0.25) is 0 Å². The molecule has 1 fully saturated rings. The highest BCUT2D eigenvalue weighted by molar-refractivity contribution is 7.89. The van der Waals surface area contributed by atoms with Gasteiger partial charge in [0.05, 0.1) is 11.9 Å². The summed E-state index contributed by atoms with van der Waals surface area (Å²) in [5, 5.41) is 7.23. The Labute approximate surface area is 114 Å². The number of hydrogen-bond donors (Lipinski definition) is 2. The molecule has 1 aromatic heterocycles. The van der Waals surface area contributed by atoms with Crippen molar-refractivity contribution in [2.45, 2.75) is 11.8 Å². The molecule has 0 aromatic carbocycles. The van der Waals surface area contributed by atoms with Crippen LogP contribution < -0.4 is 10.0 Å². The molecule has 7 nitrogen and oxygen atoms in total. The van der Waals surface area contributed by atoms with Crippen molar-refractivity contribution in [2.75, 3.05) is 39.3 Å². The minimum Gasteiger partial charge on any atom is -0.314 e. The molecule has 2 N–H and O–H groups in total. The van der Waals surface area contributed by atoms with Gasteiger partial charge in [-0.1, -0.05) is 0 Å². The van der Waals surface area contributed by atoms with Gasteiger partial charge in [0.1, 0.15) is 4.90 Å². The number of rotatable bonds is 5. The molecular weight excluding hydrogens is 266 g/mol. The Morgan fingerprint density at radius 1 is 1.42 bits per heavy atom. The fourth-order valence-corrected chi connectivity index (χ4v) is 3.32. The summed E-state index contributed by atoms with van der Waals surface area (Å²) in [7, 11) is -1.72. The van der Waals surface area contributed by atoms with Gasteiger partial charge >= 0.3 is 0 Å². The molecule has 0 unspecified atom stereocenters. The van der Waals surface area contributed by atoms with E-state index in [1.165, 1.54) is 6.20 Å². The van der Waals surface area contributed by atoms with Crippen LogP contribution in [0.25, 0.3) is 0 Å². The van der Waals surface area contributed by atoms with Crippen molar-refractivity contribution >= 4 is 10.0 Å². The van der Waals surface area contributed by atoms with E-state index < -0.39 is 10.0 Å². The van der Waals surface area contributed by atoms with Crippen molar-refractivity contribution in [3.63, 3.8) is 0 Å². The van der Waals surface area contributed by atoms with Crippen molar-refractivity contribution in [3.8, 4) is 0 Å². The summed E-state index contributed by atoms with van der Waals surface area (Å²) in [4.78, 5) is 2.50. The number of hydrogen-bond acceptors (Lipinski definition) is 5. The largest absolute Gasteiger partial charge is 0.314 e. The molecule has 1 saturated heterocycles. The Morgan fingerprint density at radius 2 is 2.11 bits per heavy atom. The molecule has 0 atom stereocenters. The SMILES string of the molecule is Cc1c(S(=O)(=O)NCCN2CCNCC2)cnn1C. The van der Waals surface area contributed by atoms with E-state index in [2.05, 4.69) is 20.0 Å².